The van der Waals surface area contributed by atoms with Crippen LogP contribution in [0.3, 0.4) is 0 Å². The number of aromatic nitrogens is 5. The molecule has 0 aromatic carbocycles. The van der Waals surface area contributed by atoms with Crippen LogP contribution in [0.4, 0.5) is 0 Å². The van der Waals surface area contributed by atoms with E-state index in [1.165, 1.54) is 32.4 Å². The summed E-state index contributed by atoms with van der Waals surface area (Å²) in [5.74, 6) is 3.08. The van der Waals surface area contributed by atoms with Crippen molar-refractivity contribution >= 4 is 0 Å². The SMILES string of the molecule is c1cnn(Cc2nnc3n2CCCN(CC2CC2)C3)c1. The fourth-order valence-electron chi connectivity index (χ4n) is 2.96. The fraction of sp³-hybridized carbons (Fsp3) is 0.643. The normalized spacial score (nSPS) is 19.8. The zero-order valence-electron chi connectivity index (χ0n) is 11.6. The molecule has 0 N–H and O–H groups in total. The van der Waals surface area contributed by atoms with Gasteiger partial charge in [0.25, 0.3) is 0 Å². The predicted molar refractivity (Wildman–Crippen MR) is 74.0 cm³/mol. The minimum atomic E-state index is 0.711. The summed E-state index contributed by atoms with van der Waals surface area (Å²) >= 11 is 0. The number of rotatable bonds is 4. The van der Waals surface area contributed by atoms with E-state index in [-0.39, 0.29) is 0 Å². The Morgan fingerprint density at radius 2 is 2.15 bits per heavy atom. The summed E-state index contributed by atoms with van der Waals surface area (Å²) in [6.07, 6.45) is 7.78. The van der Waals surface area contributed by atoms with E-state index in [4.69, 9.17) is 0 Å². The first-order valence-corrected chi connectivity index (χ1v) is 7.49. The summed E-state index contributed by atoms with van der Waals surface area (Å²) in [4.78, 5) is 2.54. The van der Waals surface area contributed by atoms with Gasteiger partial charge in [0.05, 0.1) is 6.54 Å². The minimum absolute atomic E-state index is 0.711. The van der Waals surface area contributed by atoms with E-state index in [1.807, 2.05) is 16.9 Å². The quantitative estimate of drug-likeness (QED) is 0.837. The molecular weight excluding hydrogens is 252 g/mol. The average molecular weight is 272 g/mol. The van der Waals surface area contributed by atoms with Gasteiger partial charge in [-0.1, -0.05) is 0 Å². The highest BCUT2D eigenvalue weighted by molar-refractivity contribution is 4.99. The van der Waals surface area contributed by atoms with E-state index in [1.54, 1.807) is 6.20 Å². The first kappa shape index (κ1) is 12.1. The molecule has 2 aromatic rings. The molecular formula is C14H20N6. The number of hydrogen-bond donors (Lipinski definition) is 0. The van der Waals surface area contributed by atoms with Crippen molar-refractivity contribution in [3.63, 3.8) is 0 Å². The standard InChI is InChI=1S/C14H20N6/c1-5-15-19(7-1)11-14-17-16-13-10-18(9-12-3-4-12)6-2-8-20(13)14/h1,5,7,12H,2-4,6,8-11H2. The topological polar surface area (TPSA) is 51.8 Å². The van der Waals surface area contributed by atoms with Gasteiger partial charge >= 0.3 is 0 Å². The highest BCUT2D eigenvalue weighted by atomic mass is 15.3. The molecule has 6 nitrogen and oxygen atoms in total. The zero-order chi connectivity index (χ0) is 13.4. The maximum absolute atomic E-state index is 4.41. The fourth-order valence-corrected chi connectivity index (χ4v) is 2.96. The maximum atomic E-state index is 4.41. The lowest BCUT2D eigenvalue weighted by atomic mass is 10.3. The maximum Gasteiger partial charge on any atom is 0.154 e. The molecule has 106 valence electrons. The van der Waals surface area contributed by atoms with Crippen LogP contribution in [0.2, 0.25) is 0 Å². The van der Waals surface area contributed by atoms with Crippen molar-refractivity contribution in [1.29, 1.82) is 0 Å². The first-order chi connectivity index (χ1) is 9.88. The van der Waals surface area contributed by atoms with Crippen LogP contribution in [0.15, 0.2) is 18.5 Å². The van der Waals surface area contributed by atoms with Gasteiger partial charge in [0, 0.05) is 32.0 Å². The summed E-state index contributed by atoms with van der Waals surface area (Å²) in [5.41, 5.74) is 0. The Morgan fingerprint density at radius 3 is 2.95 bits per heavy atom. The van der Waals surface area contributed by atoms with Crippen LogP contribution in [0.5, 0.6) is 0 Å². The van der Waals surface area contributed by atoms with E-state index in [0.29, 0.717) is 6.54 Å². The molecule has 2 aliphatic rings. The van der Waals surface area contributed by atoms with Crippen LogP contribution in [-0.2, 0) is 19.6 Å². The van der Waals surface area contributed by atoms with E-state index in [9.17, 15) is 0 Å². The second-order valence-electron chi connectivity index (χ2n) is 5.92. The molecule has 0 atom stereocenters. The highest BCUT2D eigenvalue weighted by Gasteiger charge is 2.26. The summed E-state index contributed by atoms with van der Waals surface area (Å²) in [6.45, 7) is 5.10. The molecule has 1 aliphatic carbocycles. The number of fused-ring (bicyclic) bond motifs is 1. The van der Waals surface area contributed by atoms with Crippen LogP contribution >= 0.6 is 0 Å². The third-order valence-corrected chi connectivity index (χ3v) is 4.20. The molecule has 20 heavy (non-hydrogen) atoms. The van der Waals surface area contributed by atoms with Crippen LogP contribution in [-0.4, -0.2) is 42.5 Å². The van der Waals surface area contributed by atoms with E-state index in [0.717, 1.165) is 30.7 Å². The Morgan fingerprint density at radius 1 is 1.20 bits per heavy atom. The van der Waals surface area contributed by atoms with Gasteiger partial charge in [-0.15, -0.1) is 10.2 Å². The molecule has 0 amide bonds. The van der Waals surface area contributed by atoms with Gasteiger partial charge in [-0.2, -0.15) is 5.10 Å². The van der Waals surface area contributed by atoms with Crippen molar-refractivity contribution in [3.05, 3.63) is 30.1 Å². The van der Waals surface area contributed by atoms with Gasteiger partial charge in [-0.25, -0.2) is 0 Å². The Labute approximate surface area is 118 Å². The molecule has 1 aliphatic heterocycles. The molecule has 1 saturated carbocycles. The first-order valence-electron chi connectivity index (χ1n) is 7.49. The summed E-state index contributed by atoms with van der Waals surface area (Å²) in [5, 5.41) is 13.0. The monoisotopic (exact) mass is 272 g/mol. The molecule has 2 aromatic heterocycles. The van der Waals surface area contributed by atoms with Gasteiger partial charge in [0.1, 0.15) is 12.4 Å². The van der Waals surface area contributed by atoms with Gasteiger partial charge in [-0.05, 0) is 31.2 Å². The molecule has 0 saturated heterocycles. The average Bonchev–Trinajstić information content (AvgIpc) is 3.05. The number of hydrogen-bond acceptors (Lipinski definition) is 4. The van der Waals surface area contributed by atoms with Crippen LogP contribution in [0.1, 0.15) is 30.9 Å². The molecule has 0 bridgehead atoms. The Kier molecular flexibility index (Phi) is 3.03. The van der Waals surface area contributed by atoms with Crippen molar-refractivity contribution in [1.82, 2.24) is 29.4 Å². The van der Waals surface area contributed by atoms with E-state index < -0.39 is 0 Å². The molecule has 0 spiro atoms. The minimum Gasteiger partial charge on any atom is -0.312 e. The second kappa shape index (κ2) is 5.01. The van der Waals surface area contributed by atoms with Gasteiger partial charge < -0.3 is 4.57 Å². The smallest absolute Gasteiger partial charge is 0.154 e. The van der Waals surface area contributed by atoms with Gasteiger partial charge in [0.15, 0.2) is 5.82 Å². The van der Waals surface area contributed by atoms with Crippen molar-refractivity contribution in [2.45, 2.75) is 38.9 Å². The molecule has 6 heteroatoms. The second-order valence-corrected chi connectivity index (χ2v) is 5.92. The third-order valence-electron chi connectivity index (χ3n) is 4.20. The molecule has 4 rings (SSSR count). The van der Waals surface area contributed by atoms with Crippen molar-refractivity contribution in [3.8, 4) is 0 Å². The Bertz CT molecular complexity index is 569. The Hall–Kier alpha value is -1.69. The summed E-state index contributed by atoms with van der Waals surface area (Å²) < 4.78 is 4.19. The molecule has 0 radical (unpaired) electrons. The van der Waals surface area contributed by atoms with Crippen LogP contribution in [0, 0.1) is 5.92 Å². The lowest BCUT2D eigenvalue weighted by molar-refractivity contribution is 0.255. The van der Waals surface area contributed by atoms with E-state index in [2.05, 4.69) is 24.8 Å². The highest BCUT2D eigenvalue weighted by Crippen LogP contribution is 2.30. The predicted octanol–water partition coefficient (Wildman–Crippen LogP) is 1.14. The lowest BCUT2D eigenvalue weighted by Crippen LogP contribution is -2.25. The van der Waals surface area contributed by atoms with Gasteiger partial charge in [0.2, 0.25) is 0 Å². The van der Waals surface area contributed by atoms with Crippen LogP contribution in [0.25, 0.3) is 0 Å². The molecule has 1 fully saturated rings. The van der Waals surface area contributed by atoms with E-state index >= 15 is 0 Å². The summed E-state index contributed by atoms with van der Waals surface area (Å²) in [7, 11) is 0. The van der Waals surface area contributed by atoms with Crippen LogP contribution < -0.4 is 0 Å². The molecule has 0 unspecified atom stereocenters. The molecule has 3 heterocycles. The lowest BCUT2D eigenvalue weighted by Gasteiger charge is -2.18. The van der Waals surface area contributed by atoms with Crippen molar-refractivity contribution in [2.75, 3.05) is 13.1 Å². The Balaban J connectivity index is 1.51. The van der Waals surface area contributed by atoms with Crippen molar-refractivity contribution in [2.24, 2.45) is 5.92 Å². The summed E-state index contributed by atoms with van der Waals surface area (Å²) in [6, 6.07) is 1.94. The van der Waals surface area contributed by atoms with Crippen molar-refractivity contribution < 1.29 is 0 Å². The third kappa shape index (κ3) is 2.47. The number of nitrogens with zero attached hydrogens (tertiary/aromatic N) is 6. The van der Waals surface area contributed by atoms with Gasteiger partial charge in [-0.3, -0.25) is 9.58 Å². The largest absolute Gasteiger partial charge is 0.312 e. The zero-order valence-corrected chi connectivity index (χ0v) is 11.6.